The van der Waals surface area contributed by atoms with Crippen molar-refractivity contribution >= 4 is 27.6 Å². The molecule has 0 saturated heterocycles. The second-order valence-electron chi connectivity index (χ2n) is 3.57. The minimum atomic E-state index is -0.0520. The largest absolute Gasteiger partial charge is 0.496 e. The molecule has 0 amide bonds. The fraction of sp³-hybridized carbons (Fsp3) is 0.333. The van der Waals surface area contributed by atoms with Crippen molar-refractivity contribution < 1.29 is 14.3 Å². The molecule has 0 unspecified atom stereocenters. The lowest BCUT2D eigenvalue weighted by Crippen LogP contribution is -2.09. The molecule has 1 heterocycles. The number of benzene rings is 1. The second kappa shape index (κ2) is 5.31. The van der Waals surface area contributed by atoms with E-state index in [1.165, 1.54) is 0 Å². The van der Waals surface area contributed by atoms with Crippen molar-refractivity contribution in [1.29, 1.82) is 0 Å². The summed E-state index contributed by atoms with van der Waals surface area (Å²) in [6, 6.07) is 5.34. The number of carbonyl (C=O) groups excluding carboxylic acids is 1. The molecule has 0 N–H and O–H groups in total. The van der Waals surface area contributed by atoms with Crippen LogP contribution in [0.5, 0.6) is 5.75 Å². The van der Waals surface area contributed by atoms with Crippen LogP contribution < -0.4 is 4.74 Å². The van der Waals surface area contributed by atoms with Crippen molar-refractivity contribution in [2.24, 2.45) is 4.99 Å². The minimum Gasteiger partial charge on any atom is -0.496 e. The summed E-state index contributed by atoms with van der Waals surface area (Å²) in [4.78, 5) is 16.2. The van der Waals surface area contributed by atoms with Crippen LogP contribution in [0.3, 0.4) is 0 Å². The number of hydrogen-bond acceptors (Lipinski definition) is 4. The minimum absolute atomic E-state index is 0.0520. The SMILES string of the molecule is COc1ccc(Br)cc1C(=O)CC1=NCCO1. The highest BCUT2D eigenvalue weighted by atomic mass is 79.9. The number of carbonyl (C=O) groups is 1. The molecule has 0 atom stereocenters. The molecule has 90 valence electrons. The van der Waals surface area contributed by atoms with Crippen molar-refractivity contribution in [3.8, 4) is 5.75 Å². The van der Waals surface area contributed by atoms with Crippen LogP contribution in [-0.4, -0.2) is 31.9 Å². The van der Waals surface area contributed by atoms with Gasteiger partial charge in [0.05, 0.1) is 25.6 Å². The van der Waals surface area contributed by atoms with E-state index < -0.39 is 0 Å². The van der Waals surface area contributed by atoms with E-state index >= 15 is 0 Å². The van der Waals surface area contributed by atoms with Gasteiger partial charge in [0.25, 0.3) is 0 Å². The Labute approximate surface area is 108 Å². The van der Waals surface area contributed by atoms with Crippen LogP contribution in [0, 0.1) is 0 Å². The molecule has 4 nitrogen and oxygen atoms in total. The number of ketones is 1. The van der Waals surface area contributed by atoms with Gasteiger partial charge < -0.3 is 9.47 Å². The average molecular weight is 298 g/mol. The molecular formula is C12H12BrNO3. The van der Waals surface area contributed by atoms with E-state index in [1.54, 1.807) is 19.2 Å². The smallest absolute Gasteiger partial charge is 0.191 e. The maximum absolute atomic E-state index is 12.1. The lowest BCUT2D eigenvalue weighted by atomic mass is 10.1. The molecule has 0 radical (unpaired) electrons. The van der Waals surface area contributed by atoms with Gasteiger partial charge in [-0.05, 0) is 18.2 Å². The average Bonchev–Trinajstić information content (AvgIpc) is 2.81. The van der Waals surface area contributed by atoms with Crippen molar-refractivity contribution in [3.63, 3.8) is 0 Å². The lowest BCUT2D eigenvalue weighted by molar-refractivity contribution is 0.0991. The fourth-order valence-electron chi connectivity index (χ4n) is 1.62. The summed E-state index contributed by atoms with van der Waals surface area (Å²) >= 11 is 3.34. The first-order valence-corrected chi connectivity index (χ1v) is 6.03. The van der Waals surface area contributed by atoms with Crippen molar-refractivity contribution in [3.05, 3.63) is 28.2 Å². The van der Waals surface area contributed by atoms with Gasteiger partial charge in [0.1, 0.15) is 12.4 Å². The molecule has 0 spiro atoms. The summed E-state index contributed by atoms with van der Waals surface area (Å²) < 4.78 is 11.2. The van der Waals surface area contributed by atoms with Gasteiger partial charge in [-0.25, -0.2) is 0 Å². The lowest BCUT2D eigenvalue weighted by Gasteiger charge is -2.08. The van der Waals surface area contributed by atoms with Gasteiger partial charge in [0, 0.05) is 4.47 Å². The molecule has 1 aromatic rings. The molecule has 17 heavy (non-hydrogen) atoms. The van der Waals surface area contributed by atoms with Crippen LogP contribution in [0.25, 0.3) is 0 Å². The van der Waals surface area contributed by atoms with Crippen LogP contribution in [0.2, 0.25) is 0 Å². The predicted molar refractivity (Wildman–Crippen MR) is 67.9 cm³/mol. The van der Waals surface area contributed by atoms with Gasteiger partial charge in [-0.3, -0.25) is 9.79 Å². The van der Waals surface area contributed by atoms with E-state index in [0.29, 0.717) is 30.4 Å². The zero-order valence-electron chi connectivity index (χ0n) is 9.40. The maximum Gasteiger partial charge on any atom is 0.191 e. The van der Waals surface area contributed by atoms with Crippen molar-refractivity contribution in [1.82, 2.24) is 0 Å². The highest BCUT2D eigenvalue weighted by Crippen LogP contribution is 2.24. The third-order valence-electron chi connectivity index (χ3n) is 2.42. The van der Waals surface area contributed by atoms with Gasteiger partial charge >= 0.3 is 0 Å². The first-order chi connectivity index (χ1) is 8.20. The highest BCUT2D eigenvalue weighted by Gasteiger charge is 2.18. The summed E-state index contributed by atoms with van der Waals surface area (Å²) in [6.45, 7) is 1.20. The number of nitrogens with zero attached hydrogens (tertiary/aromatic N) is 1. The van der Waals surface area contributed by atoms with Crippen molar-refractivity contribution in [2.45, 2.75) is 6.42 Å². The van der Waals surface area contributed by atoms with Gasteiger partial charge in [-0.15, -0.1) is 0 Å². The van der Waals surface area contributed by atoms with Gasteiger partial charge in [-0.1, -0.05) is 15.9 Å². The number of hydrogen-bond donors (Lipinski definition) is 0. The maximum atomic E-state index is 12.1. The number of methoxy groups -OCH3 is 1. The molecule has 1 aromatic carbocycles. The summed E-state index contributed by atoms with van der Waals surface area (Å²) in [5.74, 6) is 1.03. The molecule has 1 aliphatic heterocycles. The Bertz CT molecular complexity index is 471. The Morgan fingerprint density at radius 2 is 2.41 bits per heavy atom. The number of Topliss-reactive ketones (excluding diaryl/α,β-unsaturated/α-hetero) is 1. The van der Waals surface area contributed by atoms with Gasteiger partial charge in [-0.2, -0.15) is 0 Å². The third kappa shape index (κ3) is 2.85. The molecule has 0 aliphatic carbocycles. The third-order valence-corrected chi connectivity index (χ3v) is 2.92. The Morgan fingerprint density at radius 1 is 1.59 bits per heavy atom. The van der Waals surface area contributed by atoms with Crippen LogP contribution in [0.1, 0.15) is 16.8 Å². The molecule has 5 heteroatoms. The molecule has 0 bridgehead atoms. The Morgan fingerprint density at radius 3 is 3.06 bits per heavy atom. The Hall–Kier alpha value is -1.36. The second-order valence-corrected chi connectivity index (χ2v) is 4.48. The zero-order valence-corrected chi connectivity index (χ0v) is 11.0. The normalized spacial score (nSPS) is 14.1. The monoisotopic (exact) mass is 297 g/mol. The number of ether oxygens (including phenoxy) is 2. The fourth-order valence-corrected chi connectivity index (χ4v) is 1.98. The Balaban J connectivity index is 2.20. The quantitative estimate of drug-likeness (QED) is 0.802. The molecule has 0 fully saturated rings. The van der Waals surface area contributed by atoms with Crippen LogP contribution in [0.4, 0.5) is 0 Å². The molecule has 0 aromatic heterocycles. The first-order valence-electron chi connectivity index (χ1n) is 5.23. The molecule has 0 saturated carbocycles. The van der Waals surface area contributed by atoms with E-state index in [2.05, 4.69) is 20.9 Å². The van der Waals surface area contributed by atoms with E-state index in [9.17, 15) is 4.79 Å². The summed E-state index contributed by atoms with van der Waals surface area (Å²) in [6.07, 6.45) is 0.187. The highest BCUT2D eigenvalue weighted by molar-refractivity contribution is 9.10. The Kier molecular flexibility index (Phi) is 3.78. The van der Waals surface area contributed by atoms with E-state index in [-0.39, 0.29) is 12.2 Å². The standard InChI is InChI=1S/C12H12BrNO3/c1-16-11-3-2-8(13)6-9(11)10(15)7-12-14-4-5-17-12/h2-3,6H,4-5,7H2,1H3. The molecule has 2 rings (SSSR count). The summed E-state index contributed by atoms with van der Waals surface area (Å²) in [5.41, 5.74) is 0.542. The summed E-state index contributed by atoms with van der Waals surface area (Å²) in [7, 11) is 1.55. The van der Waals surface area contributed by atoms with E-state index in [1.807, 2.05) is 6.07 Å². The van der Waals surface area contributed by atoms with Crippen molar-refractivity contribution in [2.75, 3.05) is 20.3 Å². The molecular weight excluding hydrogens is 286 g/mol. The molecule has 1 aliphatic rings. The summed E-state index contributed by atoms with van der Waals surface area (Å²) in [5, 5.41) is 0. The number of halogens is 1. The van der Waals surface area contributed by atoms with Crippen LogP contribution in [-0.2, 0) is 4.74 Å². The van der Waals surface area contributed by atoms with Gasteiger partial charge in [0.15, 0.2) is 11.7 Å². The predicted octanol–water partition coefficient (Wildman–Crippen LogP) is 2.46. The number of aliphatic imine (C=N–C) groups is 1. The van der Waals surface area contributed by atoms with Crippen LogP contribution in [0.15, 0.2) is 27.7 Å². The van der Waals surface area contributed by atoms with Crippen LogP contribution >= 0.6 is 15.9 Å². The number of rotatable bonds is 4. The van der Waals surface area contributed by atoms with E-state index in [0.717, 1.165) is 4.47 Å². The van der Waals surface area contributed by atoms with E-state index in [4.69, 9.17) is 9.47 Å². The van der Waals surface area contributed by atoms with Gasteiger partial charge in [0.2, 0.25) is 0 Å². The first kappa shape index (κ1) is 12.1. The topological polar surface area (TPSA) is 47.9 Å². The zero-order chi connectivity index (χ0) is 12.3.